The van der Waals surface area contributed by atoms with Crippen molar-refractivity contribution >= 4 is 23.1 Å². The number of carbonyl (C=O) groups excluding carboxylic acids is 1. The Bertz CT molecular complexity index is 1130. The summed E-state index contributed by atoms with van der Waals surface area (Å²) in [4.78, 5) is 18.9. The molecule has 4 heteroatoms. The Kier molecular flexibility index (Phi) is 5.84. The molecule has 0 bridgehead atoms. The summed E-state index contributed by atoms with van der Waals surface area (Å²) in [5.74, 6) is 0.198. The van der Waals surface area contributed by atoms with Gasteiger partial charge in [0.2, 0.25) is 5.91 Å². The number of nitrogens with zero attached hydrogens (tertiary/aromatic N) is 2. The number of fused-ring (bicyclic) bond motifs is 2. The monoisotopic (exact) mass is 442 g/mol. The summed E-state index contributed by atoms with van der Waals surface area (Å²) < 4.78 is 0. The zero-order valence-electron chi connectivity index (χ0n) is 18.4. The Morgan fingerprint density at radius 2 is 1.56 bits per heavy atom. The highest BCUT2D eigenvalue weighted by molar-refractivity contribution is 6.30. The zero-order valence-corrected chi connectivity index (χ0v) is 19.2. The molecule has 0 atom stereocenters. The summed E-state index contributed by atoms with van der Waals surface area (Å²) in [7, 11) is 0. The molecule has 1 fully saturated rings. The molecule has 0 spiro atoms. The molecular formula is C28H27ClN2O. The van der Waals surface area contributed by atoms with Gasteiger partial charge in [-0.25, -0.2) is 0 Å². The van der Waals surface area contributed by atoms with Crippen LogP contribution in [0.1, 0.15) is 46.2 Å². The van der Waals surface area contributed by atoms with Gasteiger partial charge in [0, 0.05) is 30.5 Å². The molecule has 0 saturated carbocycles. The topological polar surface area (TPSA) is 33.2 Å². The summed E-state index contributed by atoms with van der Waals surface area (Å²) in [5.41, 5.74) is 10.5. The maximum Gasteiger partial charge on any atom is 0.227 e. The third-order valence-electron chi connectivity index (χ3n) is 6.71. The van der Waals surface area contributed by atoms with Crippen LogP contribution in [0.25, 0.3) is 5.57 Å². The lowest BCUT2D eigenvalue weighted by Gasteiger charge is -2.31. The number of benzene rings is 2. The number of hydrogen-bond donors (Lipinski definition) is 0. The van der Waals surface area contributed by atoms with E-state index >= 15 is 0 Å². The van der Waals surface area contributed by atoms with Crippen LogP contribution < -0.4 is 0 Å². The van der Waals surface area contributed by atoms with Crippen molar-refractivity contribution in [3.8, 4) is 0 Å². The average Bonchev–Trinajstić information content (AvgIpc) is 2.96. The van der Waals surface area contributed by atoms with Gasteiger partial charge in [-0.3, -0.25) is 9.78 Å². The predicted molar refractivity (Wildman–Crippen MR) is 130 cm³/mol. The van der Waals surface area contributed by atoms with Gasteiger partial charge in [0.1, 0.15) is 0 Å². The minimum atomic E-state index is 0.198. The molecule has 1 aliphatic carbocycles. The Hall–Kier alpha value is -2.91. The van der Waals surface area contributed by atoms with Crippen LogP contribution in [0.4, 0.5) is 0 Å². The van der Waals surface area contributed by atoms with Crippen LogP contribution in [0.2, 0.25) is 5.02 Å². The fourth-order valence-electron chi connectivity index (χ4n) is 5.04. The third-order valence-corrected chi connectivity index (χ3v) is 6.94. The molecule has 3 nitrogen and oxygen atoms in total. The van der Waals surface area contributed by atoms with E-state index in [0.717, 1.165) is 49.4 Å². The van der Waals surface area contributed by atoms with E-state index in [4.69, 9.17) is 11.6 Å². The van der Waals surface area contributed by atoms with Crippen molar-refractivity contribution in [2.24, 2.45) is 0 Å². The van der Waals surface area contributed by atoms with Gasteiger partial charge in [-0.15, -0.1) is 0 Å². The minimum absolute atomic E-state index is 0.198. The number of rotatable bonds is 2. The number of carbonyl (C=O) groups is 1. The van der Waals surface area contributed by atoms with E-state index in [-0.39, 0.29) is 5.91 Å². The maximum absolute atomic E-state index is 12.9. The standard InChI is InChI=1S/C28H27ClN2O/c1-19-2-6-25-22(16-19)3-4-23-18-24(29)5-7-26(23)28(25)21-10-14-31(15-11-21)27(32)17-20-8-12-30-13-9-20/h2,5-9,12-13,16,18H,3-4,10-11,14-15,17H2,1H3. The number of amides is 1. The maximum atomic E-state index is 12.9. The van der Waals surface area contributed by atoms with Crippen molar-refractivity contribution in [1.29, 1.82) is 0 Å². The highest BCUT2D eigenvalue weighted by Crippen LogP contribution is 2.39. The number of piperidine rings is 1. The summed E-state index contributed by atoms with van der Waals surface area (Å²) in [6, 6.07) is 17.0. The van der Waals surface area contributed by atoms with Gasteiger partial charge in [-0.1, -0.05) is 47.0 Å². The van der Waals surface area contributed by atoms with Gasteiger partial charge in [0.05, 0.1) is 6.42 Å². The van der Waals surface area contributed by atoms with Gasteiger partial charge >= 0.3 is 0 Å². The fraction of sp³-hybridized carbons (Fsp3) is 0.286. The average molecular weight is 443 g/mol. The molecule has 162 valence electrons. The first-order chi connectivity index (χ1) is 15.6. The van der Waals surface area contributed by atoms with Gasteiger partial charge in [0.15, 0.2) is 0 Å². The Balaban J connectivity index is 1.46. The number of aryl methyl sites for hydroxylation is 3. The number of aromatic nitrogens is 1. The van der Waals surface area contributed by atoms with E-state index < -0.39 is 0 Å². The molecule has 1 aliphatic heterocycles. The largest absolute Gasteiger partial charge is 0.342 e. The first kappa shape index (κ1) is 21.0. The number of likely N-dealkylation sites (tertiary alicyclic amines) is 1. The van der Waals surface area contributed by atoms with Gasteiger partial charge in [-0.05, 0) is 90.3 Å². The molecule has 5 rings (SSSR count). The SMILES string of the molecule is Cc1ccc2c(c1)CCc1cc(Cl)ccc1C2=C1CCN(C(=O)Cc2ccncc2)CC1. The van der Waals surface area contributed by atoms with Crippen LogP contribution in [0.5, 0.6) is 0 Å². The summed E-state index contributed by atoms with van der Waals surface area (Å²) in [6.45, 7) is 3.70. The first-order valence-corrected chi connectivity index (χ1v) is 11.7. The first-order valence-electron chi connectivity index (χ1n) is 11.4. The summed E-state index contributed by atoms with van der Waals surface area (Å²) >= 11 is 6.36. The molecule has 3 aromatic rings. The molecular weight excluding hydrogens is 416 g/mol. The molecule has 1 saturated heterocycles. The fourth-order valence-corrected chi connectivity index (χ4v) is 5.24. The second-order valence-corrected chi connectivity index (χ2v) is 9.29. The Morgan fingerprint density at radius 1 is 0.906 bits per heavy atom. The highest BCUT2D eigenvalue weighted by Gasteiger charge is 2.26. The predicted octanol–water partition coefficient (Wildman–Crippen LogP) is 5.81. The van der Waals surface area contributed by atoms with E-state index in [9.17, 15) is 4.79 Å². The molecule has 1 amide bonds. The zero-order chi connectivity index (χ0) is 22.1. The Labute approximate surface area is 194 Å². The lowest BCUT2D eigenvalue weighted by atomic mass is 9.86. The van der Waals surface area contributed by atoms with Gasteiger partial charge in [0.25, 0.3) is 0 Å². The van der Waals surface area contributed by atoms with Crippen molar-refractivity contribution in [2.45, 2.75) is 39.0 Å². The normalized spacial score (nSPS) is 15.8. The van der Waals surface area contributed by atoms with Crippen molar-refractivity contribution in [1.82, 2.24) is 9.88 Å². The van der Waals surface area contributed by atoms with Crippen LogP contribution >= 0.6 is 11.6 Å². The quantitative estimate of drug-likeness (QED) is 0.501. The molecule has 0 radical (unpaired) electrons. The summed E-state index contributed by atoms with van der Waals surface area (Å²) in [6.07, 6.45) is 7.78. The second kappa shape index (κ2) is 8.91. The molecule has 0 N–H and O–H groups in total. The minimum Gasteiger partial charge on any atom is -0.342 e. The van der Waals surface area contributed by atoms with Crippen LogP contribution in [0, 0.1) is 6.92 Å². The van der Waals surface area contributed by atoms with E-state index in [1.54, 1.807) is 12.4 Å². The number of halogens is 1. The van der Waals surface area contributed by atoms with Crippen molar-refractivity contribution < 1.29 is 4.79 Å². The number of pyridine rings is 1. The highest BCUT2D eigenvalue weighted by atomic mass is 35.5. The van der Waals surface area contributed by atoms with E-state index in [0.29, 0.717) is 6.42 Å². The summed E-state index contributed by atoms with van der Waals surface area (Å²) in [5, 5.41) is 0.798. The third kappa shape index (κ3) is 4.22. The Morgan fingerprint density at radius 3 is 2.28 bits per heavy atom. The lowest BCUT2D eigenvalue weighted by molar-refractivity contribution is -0.130. The van der Waals surface area contributed by atoms with E-state index in [1.807, 2.05) is 23.1 Å². The molecule has 2 heterocycles. The smallest absolute Gasteiger partial charge is 0.227 e. The van der Waals surface area contributed by atoms with Crippen LogP contribution in [-0.2, 0) is 24.1 Å². The van der Waals surface area contributed by atoms with E-state index in [2.05, 4.69) is 42.2 Å². The van der Waals surface area contributed by atoms with Crippen LogP contribution in [0.15, 0.2) is 66.5 Å². The van der Waals surface area contributed by atoms with Crippen molar-refractivity contribution in [2.75, 3.05) is 13.1 Å². The molecule has 2 aliphatic rings. The lowest BCUT2D eigenvalue weighted by Crippen LogP contribution is -2.37. The molecule has 1 aromatic heterocycles. The van der Waals surface area contributed by atoms with Crippen molar-refractivity contribution in [3.63, 3.8) is 0 Å². The van der Waals surface area contributed by atoms with Gasteiger partial charge < -0.3 is 4.90 Å². The van der Waals surface area contributed by atoms with E-state index in [1.165, 1.54) is 39.0 Å². The number of hydrogen-bond acceptors (Lipinski definition) is 2. The van der Waals surface area contributed by atoms with Crippen molar-refractivity contribution in [3.05, 3.63) is 105 Å². The van der Waals surface area contributed by atoms with Crippen LogP contribution in [-0.4, -0.2) is 28.9 Å². The second-order valence-electron chi connectivity index (χ2n) is 8.85. The molecule has 2 aromatic carbocycles. The van der Waals surface area contributed by atoms with Gasteiger partial charge in [-0.2, -0.15) is 0 Å². The molecule has 32 heavy (non-hydrogen) atoms. The molecule has 0 unspecified atom stereocenters. The van der Waals surface area contributed by atoms with Crippen LogP contribution in [0.3, 0.4) is 0 Å².